The highest BCUT2D eigenvalue weighted by Gasteiger charge is 2.63. The fourth-order valence-electron chi connectivity index (χ4n) is 8.12. The van der Waals surface area contributed by atoms with Crippen molar-refractivity contribution in [1.82, 2.24) is 0 Å². The Morgan fingerprint density at radius 3 is 1.18 bits per heavy atom. The van der Waals surface area contributed by atoms with Crippen molar-refractivity contribution in [3.05, 3.63) is 0 Å². The average molecular weight is 392 g/mol. The molecule has 6 nitrogen and oxygen atoms in total. The van der Waals surface area contributed by atoms with Gasteiger partial charge in [-0.2, -0.15) is 0 Å². The zero-order chi connectivity index (χ0) is 18.6. The molecule has 6 heteroatoms. The molecule has 7 aliphatic rings. The first-order valence-electron chi connectivity index (χ1n) is 11.6. The van der Waals surface area contributed by atoms with Crippen LogP contribution in [-0.2, 0) is 18.9 Å². The highest BCUT2D eigenvalue weighted by molar-refractivity contribution is 5.08. The van der Waals surface area contributed by atoms with Crippen molar-refractivity contribution >= 4 is 0 Å². The number of rotatable bonds is 2. The van der Waals surface area contributed by atoms with Gasteiger partial charge < -0.3 is 29.2 Å². The van der Waals surface area contributed by atoms with Gasteiger partial charge in [0.15, 0.2) is 12.6 Å². The van der Waals surface area contributed by atoms with Crippen molar-refractivity contribution in [2.24, 2.45) is 35.5 Å². The number of hydrogen-bond donors (Lipinski definition) is 2. The molecule has 11 unspecified atom stereocenters. The van der Waals surface area contributed by atoms with Gasteiger partial charge in [0.25, 0.3) is 0 Å². The molecule has 4 bridgehead atoms. The molecular weight excluding hydrogens is 360 g/mol. The van der Waals surface area contributed by atoms with Gasteiger partial charge in [0.05, 0.1) is 0 Å². The van der Waals surface area contributed by atoms with E-state index in [2.05, 4.69) is 0 Å². The quantitative estimate of drug-likeness (QED) is 0.746. The molecule has 0 spiro atoms. The van der Waals surface area contributed by atoms with E-state index in [1.807, 2.05) is 0 Å². The number of aliphatic hydroxyl groups is 2. The standard InChI is InChI=1S/C22H32O6/c23-15-17-18(26-21(25-17)13-7-9-1-3-11(13)5-9)16(24)20-19(15)27-22(28-20)14-8-10-2-4-12(14)6-10/h9-24H,1-8H2/t9?,10?,11?,12?,13?,14?,15?,16?,17-,18+,19-,20?,21?,22?/m0/s1. The summed E-state index contributed by atoms with van der Waals surface area (Å²) < 4.78 is 24.9. The molecule has 5 saturated carbocycles. The molecule has 0 aromatic carbocycles. The van der Waals surface area contributed by atoms with Crippen molar-refractivity contribution in [2.75, 3.05) is 0 Å². The van der Waals surface area contributed by atoms with Crippen LogP contribution in [0.2, 0.25) is 0 Å². The van der Waals surface area contributed by atoms with Crippen molar-refractivity contribution in [3.8, 4) is 0 Å². The molecule has 7 fully saturated rings. The van der Waals surface area contributed by atoms with Gasteiger partial charge in [-0.25, -0.2) is 0 Å². The zero-order valence-electron chi connectivity index (χ0n) is 16.3. The fraction of sp³-hybridized carbons (Fsp3) is 1.00. The molecule has 7 rings (SSSR count). The Morgan fingerprint density at radius 1 is 0.500 bits per heavy atom. The van der Waals surface area contributed by atoms with Crippen LogP contribution >= 0.6 is 0 Å². The van der Waals surface area contributed by atoms with Gasteiger partial charge in [-0.15, -0.1) is 0 Å². The molecule has 2 N–H and O–H groups in total. The van der Waals surface area contributed by atoms with E-state index >= 15 is 0 Å². The van der Waals surface area contributed by atoms with Crippen molar-refractivity contribution in [2.45, 2.75) is 101 Å². The van der Waals surface area contributed by atoms with Crippen LogP contribution in [0, 0.1) is 35.5 Å². The van der Waals surface area contributed by atoms with Gasteiger partial charge in [-0.05, 0) is 62.2 Å². The lowest BCUT2D eigenvalue weighted by Crippen LogP contribution is -2.61. The lowest BCUT2D eigenvalue weighted by Gasteiger charge is -2.38. The molecule has 14 atom stereocenters. The van der Waals surface area contributed by atoms with Crippen LogP contribution in [0.25, 0.3) is 0 Å². The van der Waals surface area contributed by atoms with Crippen LogP contribution in [0.15, 0.2) is 0 Å². The summed E-state index contributed by atoms with van der Waals surface area (Å²) >= 11 is 0. The first-order valence-corrected chi connectivity index (χ1v) is 11.6. The third-order valence-electron chi connectivity index (χ3n) is 9.44. The van der Waals surface area contributed by atoms with E-state index < -0.39 is 36.6 Å². The fourth-order valence-corrected chi connectivity index (χ4v) is 8.12. The first kappa shape index (κ1) is 17.4. The van der Waals surface area contributed by atoms with Crippen LogP contribution in [-0.4, -0.2) is 59.4 Å². The number of ether oxygens (including phenoxy) is 4. The SMILES string of the molecule is OC1C2OC(C3CC4CCC3C4)O[C@H]2C(O)[C@@H]2OC(C3CC4CCC3C4)O[C@H]12. The van der Waals surface area contributed by atoms with Crippen molar-refractivity contribution in [1.29, 1.82) is 0 Å². The van der Waals surface area contributed by atoms with E-state index in [1.165, 1.54) is 38.5 Å². The van der Waals surface area contributed by atoms with E-state index in [0.29, 0.717) is 23.7 Å². The Morgan fingerprint density at radius 2 is 0.893 bits per heavy atom. The van der Waals surface area contributed by atoms with E-state index in [-0.39, 0.29) is 12.6 Å². The molecule has 0 aromatic heterocycles. The maximum Gasteiger partial charge on any atom is 0.161 e. The van der Waals surface area contributed by atoms with Gasteiger partial charge >= 0.3 is 0 Å². The van der Waals surface area contributed by atoms with E-state index in [0.717, 1.165) is 24.7 Å². The number of aliphatic hydroxyl groups excluding tert-OH is 2. The minimum Gasteiger partial charge on any atom is -0.387 e. The highest BCUT2D eigenvalue weighted by Crippen LogP contribution is 2.54. The molecule has 2 heterocycles. The van der Waals surface area contributed by atoms with Crippen LogP contribution in [0.3, 0.4) is 0 Å². The minimum absolute atomic E-state index is 0.296. The number of hydrogen-bond acceptors (Lipinski definition) is 6. The monoisotopic (exact) mass is 392 g/mol. The first-order chi connectivity index (χ1) is 13.7. The molecule has 28 heavy (non-hydrogen) atoms. The normalized spacial score (nSPS) is 64.5. The average Bonchev–Trinajstić information content (AvgIpc) is 3.53. The third kappa shape index (κ3) is 2.36. The lowest BCUT2D eigenvalue weighted by atomic mass is 9.85. The maximum atomic E-state index is 11.0. The maximum absolute atomic E-state index is 11.0. The summed E-state index contributed by atoms with van der Waals surface area (Å²) in [5.41, 5.74) is 0. The minimum atomic E-state index is -0.800. The molecular formula is C22H32O6. The summed E-state index contributed by atoms with van der Waals surface area (Å²) in [6.45, 7) is 0. The topological polar surface area (TPSA) is 77.4 Å². The highest BCUT2D eigenvalue weighted by atomic mass is 16.8. The largest absolute Gasteiger partial charge is 0.387 e. The summed E-state index contributed by atoms with van der Waals surface area (Å²) in [7, 11) is 0. The van der Waals surface area contributed by atoms with E-state index in [9.17, 15) is 10.2 Å². The van der Waals surface area contributed by atoms with Crippen LogP contribution in [0.5, 0.6) is 0 Å². The van der Waals surface area contributed by atoms with Gasteiger partial charge in [-0.1, -0.05) is 12.8 Å². The van der Waals surface area contributed by atoms with Gasteiger partial charge in [0.2, 0.25) is 0 Å². The van der Waals surface area contributed by atoms with Crippen LogP contribution in [0.1, 0.15) is 51.4 Å². The van der Waals surface area contributed by atoms with Crippen molar-refractivity contribution in [3.63, 3.8) is 0 Å². The zero-order valence-corrected chi connectivity index (χ0v) is 16.3. The molecule has 5 aliphatic carbocycles. The Balaban J connectivity index is 1.08. The van der Waals surface area contributed by atoms with E-state index in [1.54, 1.807) is 0 Å². The Bertz CT molecular complexity index is 565. The van der Waals surface area contributed by atoms with Crippen molar-refractivity contribution < 1.29 is 29.2 Å². The van der Waals surface area contributed by atoms with Gasteiger partial charge in [-0.3, -0.25) is 0 Å². The Kier molecular flexibility index (Phi) is 3.83. The second-order valence-corrected chi connectivity index (χ2v) is 10.8. The predicted molar refractivity (Wildman–Crippen MR) is 97.0 cm³/mol. The van der Waals surface area contributed by atoms with E-state index in [4.69, 9.17) is 18.9 Å². The molecule has 0 amide bonds. The summed E-state index contributed by atoms with van der Waals surface area (Å²) in [6.07, 6.45) is 5.86. The summed E-state index contributed by atoms with van der Waals surface area (Å²) in [6, 6.07) is 0. The molecule has 0 aromatic rings. The lowest BCUT2D eigenvalue weighted by molar-refractivity contribution is -0.154. The molecule has 2 aliphatic heterocycles. The molecule has 0 radical (unpaired) electrons. The smallest absolute Gasteiger partial charge is 0.161 e. The summed E-state index contributed by atoms with van der Waals surface area (Å²) in [5.74, 6) is 3.80. The predicted octanol–water partition coefficient (Wildman–Crippen LogP) is 1.81. The second kappa shape index (κ2) is 6.14. The number of fused-ring (bicyclic) bond motifs is 6. The second-order valence-electron chi connectivity index (χ2n) is 10.8. The molecule has 156 valence electrons. The summed E-state index contributed by atoms with van der Waals surface area (Å²) in [5, 5.41) is 22.1. The third-order valence-corrected chi connectivity index (χ3v) is 9.44. The Labute approximate surface area is 165 Å². The Hall–Kier alpha value is -0.240. The van der Waals surface area contributed by atoms with Crippen LogP contribution < -0.4 is 0 Å². The molecule has 2 saturated heterocycles. The van der Waals surface area contributed by atoms with Crippen LogP contribution in [0.4, 0.5) is 0 Å². The van der Waals surface area contributed by atoms with Gasteiger partial charge in [0, 0.05) is 11.8 Å². The van der Waals surface area contributed by atoms with Gasteiger partial charge in [0.1, 0.15) is 36.6 Å². The summed E-state index contributed by atoms with van der Waals surface area (Å²) in [4.78, 5) is 0.